The Bertz CT molecular complexity index is 1260. The van der Waals surface area contributed by atoms with Crippen molar-refractivity contribution >= 4 is 23.2 Å². The number of carbonyl (C=O) groups is 3. The number of aliphatic hydroxyl groups is 3. The number of aromatic hydroxyl groups is 1. The van der Waals surface area contributed by atoms with Gasteiger partial charge in [0, 0.05) is 18.0 Å². The summed E-state index contributed by atoms with van der Waals surface area (Å²) in [5, 5.41) is 48.2. The largest absolute Gasteiger partial charge is 0.510 e. The fraction of sp³-hybridized carbons (Fsp3) is 0.519. The third-order valence-electron chi connectivity index (χ3n) is 7.90. The zero-order valence-electron chi connectivity index (χ0n) is 21.8. The first-order chi connectivity index (χ1) is 17.3. The minimum atomic E-state index is -2.64. The van der Waals surface area contributed by atoms with Crippen molar-refractivity contribution in [3.8, 4) is 5.75 Å². The van der Waals surface area contributed by atoms with Crippen molar-refractivity contribution in [1.82, 2.24) is 4.90 Å². The number of hydrogen-bond acceptors (Lipinski definition) is 9. The number of fused-ring (bicyclic) bond motifs is 3. The molecule has 0 spiro atoms. The summed E-state index contributed by atoms with van der Waals surface area (Å²) < 4.78 is 0. The van der Waals surface area contributed by atoms with Gasteiger partial charge in [0.05, 0.1) is 17.3 Å². The lowest BCUT2D eigenvalue weighted by atomic mass is 9.58. The zero-order chi connectivity index (χ0) is 27.6. The second kappa shape index (κ2) is 9.18. The second-order valence-corrected chi connectivity index (χ2v) is 10.9. The van der Waals surface area contributed by atoms with Crippen LogP contribution in [0, 0.1) is 17.8 Å². The molecule has 0 bridgehead atoms. The van der Waals surface area contributed by atoms with Gasteiger partial charge in [-0.2, -0.15) is 0 Å². The van der Waals surface area contributed by atoms with Crippen LogP contribution >= 0.6 is 0 Å². The number of anilines is 1. The highest BCUT2D eigenvalue weighted by Gasteiger charge is 2.63. The predicted molar refractivity (Wildman–Crippen MR) is 136 cm³/mol. The van der Waals surface area contributed by atoms with Crippen LogP contribution in [0.4, 0.5) is 5.69 Å². The van der Waals surface area contributed by atoms with E-state index in [0.717, 1.165) is 5.56 Å². The van der Waals surface area contributed by atoms with Crippen LogP contribution in [0.3, 0.4) is 0 Å². The maximum Gasteiger partial charge on any atom is 0.255 e. The number of amides is 1. The number of phenols is 1. The van der Waals surface area contributed by atoms with Crippen LogP contribution in [0.25, 0.3) is 0 Å². The van der Waals surface area contributed by atoms with E-state index in [1.807, 2.05) is 26.8 Å². The molecule has 0 heterocycles. The molecule has 10 nitrogen and oxygen atoms in total. The molecular formula is C27H35N3O7. The number of nitrogens with two attached hydrogens (primary N) is 1. The van der Waals surface area contributed by atoms with Gasteiger partial charge in [0.1, 0.15) is 22.8 Å². The maximum atomic E-state index is 13.9. The molecule has 1 aromatic rings. The van der Waals surface area contributed by atoms with Crippen molar-refractivity contribution in [3.05, 3.63) is 45.4 Å². The highest BCUT2D eigenvalue weighted by atomic mass is 16.3. The molecule has 0 radical (unpaired) electrons. The molecule has 0 saturated heterocycles. The third kappa shape index (κ3) is 3.81. The van der Waals surface area contributed by atoms with E-state index in [1.165, 1.54) is 4.90 Å². The maximum absolute atomic E-state index is 13.9. The van der Waals surface area contributed by atoms with Gasteiger partial charge in [-0.25, -0.2) is 0 Å². The Kier molecular flexibility index (Phi) is 6.62. The number of nitrogens with one attached hydrogen (secondary N) is 1. The topological polar surface area (TPSA) is 173 Å². The lowest BCUT2D eigenvalue weighted by molar-refractivity contribution is -0.148. The second-order valence-electron chi connectivity index (χ2n) is 10.9. The van der Waals surface area contributed by atoms with Gasteiger partial charge in [-0.05, 0) is 62.4 Å². The number of rotatable bonds is 6. The quantitative estimate of drug-likeness (QED) is 0.245. The van der Waals surface area contributed by atoms with E-state index in [0.29, 0.717) is 24.2 Å². The summed E-state index contributed by atoms with van der Waals surface area (Å²) in [6.07, 6.45) is 0.959. The SMILES string of the molecule is CCc1cc(NCC(C)C)c(O)c2c1CC1CC3C(N(C)C)C(O)=C(C(N)=O)C(=O)C3(O)C(O)=C1C2=O. The number of ketones is 2. The Balaban J connectivity index is 1.93. The number of hydrogen-bond donors (Lipinski definition) is 6. The van der Waals surface area contributed by atoms with Gasteiger partial charge in [0.15, 0.2) is 11.4 Å². The van der Waals surface area contributed by atoms with Gasteiger partial charge in [-0.3, -0.25) is 19.3 Å². The minimum absolute atomic E-state index is 0.0337. The van der Waals surface area contributed by atoms with Crippen molar-refractivity contribution in [1.29, 1.82) is 0 Å². The van der Waals surface area contributed by atoms with Gasteiger partial charge >= 0.3 is 0 Å². The molecule has 37 heavy (non-hydrogen) atoms. The first kappa shape index (κ1) is 26.7. The molecule has 10 heteroatoms. The highest BCUT2D eigenvalue weighted by Crippen LogP contribution is 2.53. The number of Topliss-reactive ketones (excluding diaryl/α,β-unsaturated/α-hetero) is 2. The van der Waals surface area contributed by atoms with E-state index in [4.69, 9.17) is 5.73 Å². The fourth-order valence-electron chi connectivity index (χ4n) is 6.16. The number of phenolic OH excluding ortho intramolecular Hbond substituents is 1. The number of likely N-dealkylation sites (N-methyl/N-ethyl adjacent to an activating group) is 1. The Hall–Kier alpha value is -3.37. The van der Waals surface area contributed by atoms with Crippen molar-refractivity contribution in [2.24, 2.45) is 23.5 Å². The summed E-state index contributed by atoms with van der Waals surface area (Å²) in [4.78, 5) is 40.8. The predicted octanol–water partition coefficient (Wildman–Crippen LogP) is 1.75. The number of allylic oxidation sites excluding steroid dienone is 1. The molecule has 1 amide bonds. The number of aliphatic hydroxyl groups excluding tert-OH is 2. The van der Waals surface area contributed by atoms with Gasteiger partial charge in [-0.1, -0.05) is 20.8 Å². The third-order valence-corrected chi connectivity index (χ3v) is 7.90. The average Bonchev–Trinajstić information content (AvgIpc) is 2.80. The molecule has 0 aliphatic heterocycles. The van der Waals surface area contributed by atoms with Crippen LogP contribution < -0.4 is 11.1 Å². The number of nitrogens with zero attached hydrogens (tertiary/aromatic N) is 1. The van der Waals surface area contributed by atoms with Gasteiger partial charge in [0.25, 0.3) is 5.91 Å². The summed E-state index contributed by atoms with van der Waals surface area (Å²) >= 11 is 0. The monoisotopic (exact) mass is 513 g/mol. The van der Waals surface area contributed by atoms with Crippen LogP contribution in [0.1, 0.15) is 48.7 Å². The first-order valence-electron chi connectivity index (χ1n) is 12.5. The van der Waals surface area contributed by atoms with Gasteiger partial charge in [0.2, 0.25) is 5.78 Å². The average molecular weight is 514 g/mol. The molecule has 4 atom stereocenters. The Morgan fingerprint density at radius 1 is 1.24 bits per heavy atom. The van der Waals surface area contributed by atoms with Crippen LogP contribution in [-0.2, 0) is 22.4 Å². The summed E-state index contributed by atoms with van der Waals surface area (Å²) in [5.74, 6) is -6.18. The van der Waals surface area contributed by atoms with Crippen LogP contribution in [0.5, 0.6) is 5.75 Å². The summed E-state index contributed by atoms with van der Waals surface area (Å²) in [7, 11) is 3.21. The smallest absolute Gasteiger partial charge is 0.255 e. The van der Waals surface area contributed by atoms with Crippen LogP contribution in [0.15, 0.2) is 28.7 Å². The van der Waals surface area contributed by atoms with E-state index in [2.05, 4.69) is 5.32 Å². The normalized spacial score (nSPS) is 27.4. The van der Waals surface area contributed by atoms with E-state index < -0.39 is 58.0 Å². The number of aryl methyl sites for hydroxylation is 1. The Morgan fingerprint density at radius 2 is 1.89 bits per heavy atom. The Labute approximate surface area is 215 Å². The molecular weight excluding hydrogens is 478 g/mol. The molecule has 7 N–H and O–H groups in total. The zero-order valence-corrected chi connectivity index (χ0v) is 21.8. The lowest BCUT2D eigenvalue weighted by Crippen LogP contribution is -2.63. The van der Waals surface area contributed by atoms with Crippen LogP contribution in [-0.4, -0.2) is 75.1 Å². The van der Waals surface area contributed by atoms with Gasteiger partial charge in [-0.15, -0.1) is 0 Å². The molecule has 3 aliphatic rings. The molecule has 3 aliphatic carbocycles. The van der Waals surface area contributed by atoms with Gasteiger partial charge < -0.3 is 31.5 Å². The molecule has 200 valence electrons. The molecule has 0 saturated carbocycles. The molecule has 0 fully saturated rings. The lowest BCUT2D eigenvalue weighted by Gasteiger charge is -2.50. The van der Waals surface area contributed by atoms with Crippen molar-refractivity contribution in [2.75, 3.05) is 26.0 Å². The first-order valence-corrected chi connectivity index (χ1v) is 12.5. The fourth-order valence-corrected chi connectivity index (χ4v) is 6.16. The standard InChI is InChI=1S/C27H35N3O7/c1-6-12-9-16(29-10-11(2)3)21(31)18-14(12)7-13-8-15-20(30(4)5)23(33)19(26(28)36)25(35)27(15,37)24(34)17(13)22(18)32/h9,11,13,15,20,29,31,33-34,37H,6-8,10H2,1-5H3,(H2,28,36). The molecule has 4 unspecified atom stereocenters. The molecule has 1 aromatic carbocycles. The van der Waals surface area contributed by atoms with Crippen molar-refractivity contribution in [2.45, 2.75) is 51.7 Å². The van der Waals surface area contributed by atoms with E-state index in [1.54, 1.807) is 14.1 Å². The summed E-state index contributed by atoms with van der Waals surface area (Å²) in [6.45, 7) is 6.53. The number of primary amides is 1. The Morgan fingerprint density at radius 3 is 2.43 bits per heavy atom. The van der Waals surface area contributed by atoms with E-state index >= 15 is 0 Å². The number of carbonyl (C=O) groups excluding carboxylic acids is 3. The molecule has 0 aromatic heterocycles. The summed E-state index contributed by atoms with van der Waals surface area (Å²) in [5.41, 5.74) is 3.72. The van der Waals surface area contributed by atoms with Crippen LogP contribution in [0.2, 0.25) is 0 Å². The van der Waals surface area contributed by atoms with Crippen molar-refractivity contribution in [3.63, 3.8) is 0 Å². The van der Waals surface area contributed by atoms with E-state index in [9.17, 15) is 34.8 Å². The van der Waals surface area contributed by atoms with E-state index in [-0.39, 0.29) is 35.6 Å². The number of benzene rings is 1. The summed E-state index contributed by atoms with van der Waals surface area (Å²) in [6, 6.07) is 0.824. The molecule has 4 rings (SSSR count). The minimum Gasteiger partial charge on any atom is -0.510 e. The highest BCUT2D eigenvalue weighted by molar-refractivity contribution is 6.24. The van der Waals surface area contributed by atoms with Crippen molar-refractivity contribution < 1.29 is 34.8 Å².